The fourth-order valence-electron chi connectivity index (χ4n) is 2.70. The second-order valence-corrected chi connectivity index (χ2v) is 5.10. The minimum atomic E-state index is 0.551. The summed E-state index contributed by atoms with van der Waals surface area (Å²) in [6, 6.07) is 0.551. The Bertz CT molecular complexity index is 399. The summed E-state index contributed by atoms with van der Waals surface area (Å²) in [6.45, 7) is 0. The number of fused-ring (bicyclic) bond motifs is 1. The average Bonchev–Trinajstić information content (AvgIpc) is 2.87. The highest BCUT2D eigenvalue weighted by Crippen LogP contribution is 2.28. The van der Waals surface area contributed by atoms with Gasteiger partial charge in [0.1, 0.15) is 5.15 Å². The number of anilines is 1. The van der Waals surface area contributed by atoms with Gasteiger partial charge in [-0.1, -0.05) is 24.4 Å². The van der Waals surface area contributed by atoms with Crippen LogP contribution in [0.25, 0.3) is 0 Å². The summed E-state index contributed by atoms with van der Waals surface area (Å²) in [6.07, 6.45) is 8.36. The number of halogens is 1. The lowest BCUT2D eigenvalue weighted by Gasteiger charge is -2.13. The maximum atomic E-state index is 6.17. The molecule has 0 aromatic carbocycles. The molecule has 0 atom stereocenters. The molecule has 0 amide bonds. The quantitative estimate of drug-likeness (QED) is 0.804. The first-order valence-electron chi connectivity index (χ1n) is 6.15. The maximum Gasteiger partial charge on any atom is 0.224 e. The Kier molecular flexibility index (Phi) is 2.72. The molecule has 3 rings (SSSR count). The molecule has 0 radical (unpaired) electrons. The SMILES string of the molecule is Clc1nc(NC2CCCC2)nc2c1CCC2. The number of nitrogens with one attached hydrogen (secondary N) is 1. The van der Waals surface area contributed by atoms with Gasteiger partial charge in [-0.15, -0.1) is 0 Å². The zero-order chi connectivity index (χ0) is 11.0. The van der Waals surface area contributed by atoms with E-state index in [1.165, 1.54) is 31.2 Å². The summed E-state index contributed by atoms with van der Waals surface area (Å²) in [5.74, 6) is 0.734. The number of aryl methyl sites for hydroxylation is 1. The molecule has 0 spiro atoms. The van der Waals surface area contributed by atoms with E-state index in [1.54, 1.807) is 0 Å². The Morgan fingerprint density at radius 1 is 1.06 bits per heavy atom. The molecule has 3 nitrogen and oxygen atoms in total. The molecule has 1 aromatic heterocycles. The summed E-state index contributed by atoms with van der Waals surface area (Å²) in [7, 11) is 0. The van der Waals surface area contributed by atoms with E-state index in [2.05, 4.69) is 15.3 Å². The van der Waals surface area contributed by atoms with Crippen LogP contribution in [0, 0.1) is 0 Å². The summed E-state index contributed by atoms with van der Waals surface area (Å²) < 4.78 is 0. The molecule has 1 N–H and O–H groups in total. The van der Waals surface area contributed by atoms with Gasteiger partial charge in [-0.05, 0) is 32.1 Å². The van der Waals surface area contributed by atoms with E-state index in [0.717, 1.165) is 30.9 Å². The average molecular weight is 238 g/mol. The van der Waals surface area contributed by atoms with E-state index in [9.17, 15) is 0 Å². The third-order valence-electron chi connectivity index (χ3n) is 3.57. The van der Waals surface area contributed by atoms with Crippen molar-refractivity contribution in [2.24, 2.45) is 0 Å². The van der Waals surface area contributed by atoms with Crippen LogP contribution in [0.3, 0.4) is 0 Å². The van der Waals surface area contributed by atoms with Crippen LogP contribution in [0.2, 0.25) is 5.15 Å². The van der Waals surface area contributed by atoms with Crippen LogP contribution in [0.15, 0.2) is 0 Å². The molecule has 0 unspecified atom stereocenters. The zero-order valence-corrected chi connectivity index (χ0v) is 10.1. The topological polar surface area (TPSA) is 37.8 Å². The lowest BCUT2D eigenvalue weighted by atomic mass is 10.2. The molecule has 2 aliphatic rings. The van der Waals surface area contributed by atoms with Gasteiger partial charge < -0.3 is 5.32 Å². The third kappa shape index (κ3) is 1.88. The van der Waals surface area contributed by atoms with E-state index < -0.39 is 0 Å². The standard InChI is InChI=1S/C12H16ClN3/c13-11-9-6-3-7-10(9)15-12(16-11)14-8-4-1-2-5-8/h8H,1-7H2,(H,14,15,16). The summed E-state index contributed by atoms with van der Waals surface area (Å²) in [5, 5.41) is 4.06. The number of hydrogen-bond acceptors (Lipinski definition) is 3. The summed E-state index contributed by atoms with van der Waals surface area (Å²) in [5.41, 5.74) is 2.32. The van der Waals surface area contributed by atoms with Gasteiger partial charge in [-0.25, -0.2) is 9.97 Å². The van der Waals surface area contributed by atoms with Crippen molar-refractivity contribution in [3.05, 3.63) is 16.4 Å². The van der Waals surface area contributed by atoms with Crippen LogP contribution in [-0.2, 0) is 12.8 Å². The Morgan fingerprint density at radius 3 is 2.69 bits per heavy atom. The molecule has 1 fully saturated rings. The summed E-state index contributed by atoms with van der Waals surface area (Å²) >= 11 is 6.17. The second kappa shape index (κ2) is 4.21. The van der Waals surface area contributed by atoms with Gasteiger partial charge in [0.05, 0.1) is 5.69 Å². The van der Waals surface area contributed by atoms with Crippen molar-refractivity contribution < 1.29 is 0 Å². The smallest absolute Gasteiger partial charge is 0.224 e. The molecule has 0 bridgehead atoms. The van der Waals surface area contributed by atoms with E-state index in [-0.39, 0.29) is 0 Å². The molecule has 0 aliphatic heterocycles. The highest BCUT2D eigenvalue weighted by molar-refractivity contribution is 6.30. The first kappa shape index (κ1) is 10.3. The minimum Gasteiger partial charge on any atom is -0.351 e. The lowest BCUT2D eigenvalue weighted by Crippen LogP contribution is -2.17. The van der Waals surface area contributed by atoms with E-state index >= 15 is 0 Å². The van der Waals surface area contributed by atoms with Gasteiger partial charge in [0, 0.05) is 11.6 Å². The molecule has 1 aromatic rings. The second-order valence-electron chi connectivity index (χ2n) is 4.74. The summed E-state index contributed by atoms with van der Waals surface area (Å²) in [4.78, 5) is 8.92. The van der Waals surface area contributed by atoms with Crippen molar-refractivity contribution in [1.29, 1.82) is 0 Å². The maximum absolute atomic E-state index is 6.17. The van der Waals surface area contributed by atoms with Gasteiger partial charge in [-0.2, -0.15) is 0 Å². The number of nitrogens with zero attached hydrogens (tertiary/aromatic N) is 2. The molecular weight excluding hydrogens is 222 g/mol. The van der Waals surface area contributed by atoms with Gasteiger partial charge in [0.15, 0.2) is 0 Å². The molecule has 4 heteroatoms. The largest absolute Gasteiger partial charge is 0.351 e. The van der Waals surface area contributed by atoms with Crippen molar-refractivity contribution in [3.63, 3.8) is 0 Å². The van der Waals surface area contributed by atoms with Crippen molar-refractivity contribution >= 4 is 17.5 Å². The van der Waals surface area contributed by atoms with Gasteiger partial charge in [0.25, 0.3) is 0 Å². The lowest BCUT2D eigenvalue weighted by molar-refractivity contribution is 0.742. The first-order chi connectivity index (χ1) is 7.83. The Hall–Kier alpha value is -0.830. The van der Waals surface area contributed by atoms with Crippen LogP contribution in [0.4, 0.5) is 5.95 Å². The normalized spacial score (nSPS) is 20.1. The number of rotatable bonds is 2. The molecule has 0 saturated heterocycles. The van der Waals surface area contributed by atoms with Crippen LogP contribution < -0.4 is 5.32 Å². The first-order valence-corrected chi connectivity index (χ1v) is 6.52. The van der Waals surface area contributed by atoms with Crippen molar-refractivity contribution in [3.8, 4) is 0 Å². The minimum absolute atomic E-state index is 0.551. The van der Waals surface area contributed by atoms with E-state index in [0.29, 0.717) is 11.2 Å². The fraction of sp³-hybridized carbons (Fsp3) is 0.667. The molecule has 1 heterocycles. The van der Waals surface area contributed by atoms with Gasteiger partial charge in [0.2, 0.25) is 5.95 Å². The van der Waals surface area contributed by atoms with Gasteiger partial charge in [-0.3, -0.25) is 0 Å². The van der Waals surface area contributed by atoms with Crippen LogP contribution >= 0.6 is 11.6 Å². The highest BCUT2D eigenvalue weighted by Gasteiger charge is 2.20. The van der Waals surface area contributed by atoms with E-state index in [4.69, 9.17) is 11.6 Å². The zero-order valence-electron chi connectivity index (χ0n) is 9.30. The number of hydrogen-bond donors (Lipinski definition) is 1. The Morgan fingerprint density at radius 2 is 1.88 bits per heavy atom. The molecule has 2 aliphatic carbocycles. The Labute approximate surface area is 101 Å². The van der Waals surface area contributed by atoms with Crippen molar-refractivity contribution in [2.75, 3.05) is 5.32 Å². The number of aromatic nitrogens is 2. The fourth-order valence-corrected chi connectivity index (χ4v) is 2.99. The highest BCUT2D eigenvalue weighted by atomic mass is 35.5. The van der Waals surface area contributed by atoms with Crippen LogP contribution in [0.1, 0.15) is 43.4 Å². The molecular formula is C12H16ClN3. The predicted molar refractivity (Wildman–Crippen MR) is 64.9 cm³/mol. The monoisotopic (exact) mass is 237 g/mol. The molecule has 1 saturated carbocycles. The molecule has 16 heavy (non-hydrogen) atoms. The van der Waals surface area contributed by atoms with Crippen molar-refractivity contribution in [2.45, 2.75) is 51.0 Å². The van der Waals surface area contributed by atoms with Crippen molar-refractivity contribution in [1.82, 2.24) is 9.97 Å². The Balaban J connectivity index is 1.82. The van der Waals surface area contributed by atoms with Crippen LogP contribution in [-0.4, -0.2) is 16.0 Å². The third-order valence-corrected chi connectivity index (χ3v) is 3.88. The van der Waals surface area contributed by atoms with Crippen LogP contribution in [0.5, 0.6) is 0 Å². The van der Waals surface area contributed by atoms with Gasteiger partial charge >= 0.3 is 0 Å². The molecule has 86 valence electrons. The van der Waals surface area contributed by atoms with E-state index in [1.807, 2.05) is 0 Å². The predicted octanol–water partition coefficient (Wildman–Crippen LogP) is 2.97.